The summed E-state index contributed by atoms with van der Waals surface area (Å²) in [4.78, 5) is 2.54. The molecule has 0 spiro atoms. The third-order valence-electron chi connectivity index (χ3n) is 5.12. The standard InChI is InChI=1S/C23H27N3O/c1-4-10-20(11-5-1)19-27-23-22(21-12-6-2-7-13-21)18-26(24-23)17-16-25-14-8-3-9-15-25/h1-2,4-7,10-13,18H,3,8-9,14-17,19H2. The maximum absolute atomic E-state index is 6.10. The quantitative estimate of drug-likeness (QED) is 0.615. The summed E-state index contributed by atoms with van der Waals surface area (Å²) >= 11 is 0. The Labute approximate surface area is 161 Å². The Kier molecular flexibility index (Phi) is 5.85. The van der Waals surface area contributed by atoms with Crippen molar-refractivity contribution in [1.82, 2.24) is 14.7 Å². The van der Waals surface area contributed by atoms with Gasteiger partial charge in [-0.1, -0.05) is 67.1 Å². The number of hydrogen-bond donors (Lipinski definition) is 0. The first-order chi connectivity index (χ1) is 13.4. The molecular weight excluding hydrogens is 334 g/mol. The molecule has 1 aromatic heterocycles. The molecule has 1 aliphatic rings. The van der Waals surface area contributed by atoms with Crippen LogP contribution in [0.1, 0.15) is 24.8 Å². The second-order valence-corrected chi connectivity index (χ2v) is 7.15. The fourth-order valence-electron chi connectivity index (χ4n) is 3.59. The summed E-state index contributed by atoms with van der Waals surface area (Å²) < 4.78 is 8.14. The summed E-state index contributed by atoms with van der Waals surface area (Å²) in [5.74, 6) is 0.712. The zero-order valence-corrected chi connectivity index (χ0v) is 15.8. The van der Waals surface area contributed by atoms with E-state index in [0.717, 1.165) is 29.8 Å². The first-order valence-electron chi connectivity index (χ1n) is 9.90. The van der Waals surface area contributed by atoms with Gasteiger partial charge in [-0.3, -0.25) is 4.68 Å². The summed E-state index contributed by atoms with van der Waals surface area (Å²) in [7, 11) is 0. The topological polar surface area (TPSA) is 30.3 Å². The van der Waals surface area contributed by atoms with Crippen molar-refractivity contribution in [3.63, 3.8) is 0 Å². The van der Waals surface area contributed by atoms with Gasteiger partial charge < -0.3 is 9.64 Å². The maximum Gasteiger partial charge on any atom is 0.241 e. The van der Waals surface area contributed by atoms with Crippen molar-refractivity contribution in [3.8, 4) is 17.0 Å². The Hall–Kier alpha value is -2.59. The van der Waals surface area contributed by atoms with E-state index in [1.165, 1.54) is 32.4 Å². The van der Waals surface area contributed by atoms with Gasteiger partial charge in [-0.05, 0) is 37.1 Å². The van der Waals surface area contributed by atoms with Crippen LogP contribution in [0.4, 0.5) is 0 Å². The second kappa shape index (κ2) is 8.87. The largest absolute Gasteiger partial charge is 0.471 e. The highest BCUT2D eigenvalue weighted by Gasteiger charge is 2.14. The van der Waals surface area contributed by atoms with E-state index in [0.29, 0.717) is 12.5 Å². The van der Waals surface area contributed by atoms with Crippen molar-refractivity contribution in [1.29, 1.82) is 0 Å². The van der Waals surface area contributed by atoms with Gasteiger partial charge in [-0.25, -0.2) is 0 Å². The summed E-state index contributed by atoms with van der Waals surface area (Å²) in [6.45, 7) is 4.90. The zero-order valence-electron chi connectivity index (χ0n) is 15.8. The number of benzene rings is 2. The first kappa shape index (κ1) is 17.8. The van der Waals surface area contributed by atoms with E-state index in [1.807, 2.05) is 28.9 Å². The first-order valence-corrected chi connectivity index (χ1v) is 9.90. The van der Waals surface area contributed by atoms with Crippen molar-refractivity contribution in [2.75, 3.05) is 19.6 Å². The molecular formula is C23H27N3O. The smallest absolute Gasteiger partial charge is 0.241 e. The Bertz CT molecular complexity index is 823. The van der Waals surface area contributed by atoms with Gasteiger partial charge in [0.2, 0.25) is 5.88 Å². The number of rotatable bonds is 7. The van der Waals surface area contributed by atoms with Gasteiger partial charge >= 0.3 is 0 Å². The highest BCUT2D eigenvalue weighted by molar-refractivity contribution is 5.67. The van der Waals surface area contributed by atoms with Crippen LogP contribution in [0.3, 0.4) is 0 Å². The van der Waals surface area contributed by atoms with Gasteiger partial charge in [-0.15, -0.1) is 5.10 Å². The molecule has 1 fully saturated rings. The molecule has 0 atom stereocenters. The normalized spacial score (nSPS) is 15.0. The lowest BCUT2D eigenvalue weighted by molar-refractivity contribution is 0.216. The van der Waals surface area contributed by atoms with E-state index in [9.17, 15) is 0 Å². The molecule has 4 nitrogen and oxygen atoms in total. The highest BCUT2D eigenvalue weighted by atomic mass is 16.5. The molecule has 4 heteroatoms. The van der Waals surface area contributed by atoms with Gasteiger partial charge in [0.1, 0.15) is 6.61 Å². The molecule has 27 heavy (non-hydrogen) atoms. The molecule has 0 N–H and O–H groups in total. The third kappa shape index (κ3) is 4.77. The number of likely N-dealkylation sites (tertiary alicyclic amines) is 1. The Morgan fingerprint density at radius 1 is 0.815 bits per heavy atom. The predicted octanol–water partition coefficient (Wildman–Crippen LogP) is 4.62. The van der Waals surface area contributed by atoms with Crippen LogP contribution >= 0.6 is 0 Å². The van der Waals surface area contributed by atoms with Crippen LogP contribution in [0, 0.1) is 0 Å². The fourth-order valence-corrected chi connectivity index (χ4v) is 3.59. The molecule has 2 aromatic carbocycles. The van der Waals surface area contributed by atoms with Crippen molar-refractivity contribution in [3.05, 3.63) is 72.4 Å². The molecule has 4 rings (SSSR count). The van der Waals surface area contributed by atoms with Gasteiger partial charge in [0, 0.05) is 12.7 Å². The minimum atomic E-state index is 0.532. The fraction of sp³-hybridized carbons (Fsp3) is 0.348. The van der Waals surface area contributed by atoms with E-state index < -0.39 is 0 Å². The second-order valence-electron chi connectivity index (χ2n) is 7.15. The van der Waals surface area contributed by atoms with Crippen LogP contribution in [-0.2, 0) is 13.2 Å². The van der Waals surface area contributed by atoms with Crippen LogP contribution < -0.4 is 4.74 Å². The van der Waals surface area contributed by atoms with E-state index in [2.05, 4.69) is 47.5 Å². The highest BCUT2D eigenvalue weighted by Crippen LogP contribution is 2.29. The van der Waals surface area contributed by atoms with E-state index in [-0.39, 0.29) is 0 Å². The van der Waals surface area contributed by atoms with Gasteiger partial charge in [0.25, 0.3) is 0 Å². The number of aromatic nitrogens is 2. The minimum Gasteiger partial charge on any atom is -0.471 e. The summed E-state index contributed by atoms with van der Waals surface area (Å²) in [6.07, 6.45) is 6.13. The number of piperidine rings is 1. The van der Waals surface area contributed by atoms with E-state index in [4.69, 9.17) is 9.84 Å². The lowest BCUT2D eigenvalue weighted by Crippen LogP contribution is -2.32. The number of ether oxygens (including phenoxy) is 1. The number of nitrogens with zero attached hydrogens (tertiary/aromatic N) is 3. The maximum atomic E-state index is 6.10. The Morgan fingerprint density at radius 3 is 2.26 bits per heavy atom. The van der Waals surface area contributed by atoms with Crippen molar-refractivity contribution < 1.29 is 4.74 Å². The summed E-state index contributed by atoms with van der Waals surface area (Å²) in [6, 6.07) is 20.6. The lowest BCUT2D eigenvalue weighted by Gasteiger charge is -2.26. The Morgan fingerprint density at radius 2 is 1.52 bits per heavy atom. The van der Waals surface area contributed by atoms with Crippen LogP contribution in [0.15, 0.2) is 66.9 Å². The van der Waals surface area contributed by atoms with Crippen molar-refractivity contribution >= 4 is 0 Å². The molecule has 0 aliphatic carbocycles. The SMILES string of the molecule is c1ccc(COc2nn(CCN3CCCCC3)cc2-c2ccccc2)cc1. The van der Waals surface area contributed by atoms with Crippen LogP contribution in [0.2, 0.25) is 0 Å². The van der Waals surface area contributed by atoms with Crippen LogP contribution in [-0.4, -0.2) is 34.3 Å². The molecule has 0 bridgehead atoms. The lowest BCUT2D eigenvalue weighted by atomic mass is 10.1. The molecule has 1 saturated heterocycles. The van der Waals surface area contributed by atoms with Crippen molar-refractivity contribution in [2.24, 2.45) is 0 Å². The zero-order chi connectivity index (χ0) is 18.3. The van der Waals surface area contributed by atoms with Gasteiger partial charge in [-0.2, -0.15) is 0 Å². The van der Waals surface area contributed by atoms with Gasteiger partial charge in [0.15, 0.2) is 0 Å². The molecule has 0 radical (unpaired) electrons. The average molecular weight is 361 g/mol. The predicted molar refractivity (Wildman–Crippen MR) is 109 cm³/mol. The van der Waals surface area contributed by atoms with Gasteiger partial charge in [0.05, 0.1) is 12.1 Å². The van der Waals surface area contributed by atoms with Crippen molar-refractivity contribution in [2.45, 2.75) is 32.4 Å². The molecule has 0 amide bonds. The monoisotopic (exact) mass is 361 g/mol. The summed E-state index contributed by atoms with van der Waals surface area (Å²) in [5, 5.41) is 4.75. The summed E-state index contributed by atoms with van der Waals surface area (Å²) in [5.41, 5.74) is 3.36. The van der Waals surface area contributed by atoms with Crippen LogP contribution in [0.25, 0.3) is 11.1 Å². The minimum absolute atomic E-state index is 0.532. The third-order valence-corrected chi connectivity index (χ3v) is 5.12. The van der Waals surface area contributed by atoms with E-state index >= 15 is 0 Å². The molecule has 2 heterocycles. The molecule has 3 aromatic rings. The Balaban J connectivity index is 1.49. The molecule has 0 unspecified atom stereocenters. The molecule has 140 valence electrons. The van der Waals surface area contributed by atoms with Crippen LogP contribution in [0.5, 0.6) is 5.88 Å². The number of hydrogen-bond acceptors (Lipinski definition) is 3. The van der Waals surface area contributed by atoms with E-state index in [1.54, 1.807) is 0 Å². The molecule has 0 saturated carbocycles. The average Bonchev–Trinajstić information content (AvgIpc) is 3.16. The molecule has 1 aliphatic heterocycles.